The first-order valence-electron chi connectivity index (χ1n) is 10.6. The number of hydrogen-bond donors (Lipinski definition) is 7. The number of rotatable bonds is 15. The predicted octanol–water partition coefficient (Wildman–Crippen LogP) is -0.452. The number of hydrogen-bond acceptors (Lipinski definition) is 8. The maximum absolute atomic E-state index is 13.0. The molecule has 13 heteroatoms. The molecule has 1 aromatic rings. The minimum absolute atomic E-state index is 0.0482. The first-order chi connectivity index (χ1) is 15.6. The van der Waals surface area contributed by atoms with E-state index < -0.39 is 47.9 Å². The number of nitrogens with zero attached hydrogens (tertiary/aromatic N) is 1. The molecule has 0 aromatic carbocycles. The second kappa shape index (κ2) is 14.8. The minimum Gasteiger partial charge on any atom is -0.480 e. The number of thiol groups is 1. The van der Waals surface area contributed by atoms with E-state index in [0.29, 0.717) is 24.3 Å². The number of aromatic amines is 1. The average molecular weight is 503 g/mol. The number of amides is 3. The molecule has 7 N–H and O–H groups in total. The zero-order chi connectivity index (χ0) is 25.0. The fraction of sp³-hybridized carbons (Fsp3) is 0.650. The fourth-order valence-corrected chi connectivity index (χ4v) is 3.67. The number of H-pyrrole nitrogens is 1. The Balaban J connectivity index is 2.99. The van der Waals surface area contributed by atoms with Gasteiger partial charge in [-0.3, -0.25) is 14.4 Å². The van der Waals surface area contributed by atoms with Crippen LogP contribution in [0.3, 0.4) is 0 Å². The third kappa shape index (κ3) is 10.5. The molecular formula is C20H34N6O5S2. The number of carboxylic acid groups (broad SMARTS) is 1. The molecule has 11 nitrogen and oxygen atoms in total. The van der Waals surface area contributed by atoms with Crippen LogP contribution in [-0.4, -0.2) is 80.7 Å². The quantitative estimate of drug-likeness (QED) is 0.158. The zero-order valence-electron chi connectivity index (χ0n) is 19.0. The molecule has 1 aromatic heterocycles. The van der Waals surface area contributed by atoms with Gasteiger partial charge in [0.1, 0.15) is 18.1 Å². The molecule has 0 radical (unpaired) electrons. The van der Waals surface area contributed by atoms with E-state index in [-0.39, 0.29) is 18.1 Å². The molecule has 0 saturated carbocycles. The van der Waals surface area contributed by atoms with Gasteiger partial charge < -0.3 is 31.8 Å². The molecule has 186 valence electrons. The Labute approximate surface area is 203 Å². The summed E-state index contributed by atoms with van der Waals surface area (Å²) in [6.07, 6.45) is 5.65. The van der Waals surface area contributed by atoms with Crippen LogP contribution in [0.2, 0.25) is 0 Å². The van der Waals surface area contributed by atoms with Crippen LogP contribution in [-0.2, 0) is 25.6 Å². The Hall–Kier alpha value is -2.25. The standard InChI is InChI=1S/C20H34N6O5S2/c1-11(2)6-13(21)17(27)24-14(4-5-33-3)18(28)25-15(7-12-8-22-10-23-12)19(29)26-16(9-32)20(30)31/h8,10-11,13-16,32H,4-7,9,21H2,1-3H3,(H,22,23)(H,24,27)(H,25,28)(H,26,29)(H,30,31). The number of aliphatic carboxylic acids is 1. The molecule has 0 fully saturated rings. The number of carbonyl (C=O) groups excluding carboxylic acids is 3. The first kappa shape index (κ1) is 28.8. The summed E-state index contributed by atoms with van der Waals surface area (Å²) >= 11 is 5.46. The van der Waals surface area contributed by atoms with Gasteiger partial charge in [-0.2, -0.15) is 24.4 Å². The lowest BCUT2D eigenvalue weighted by Gasteiger charge is -2.25. The van der Waals surface area contributed by atoms with Crippen molar-refractivity contribution in [3.05, 3.63) is 18.2 Å². The molecule has 4 unspecified atom stereocenters. The highest BCUT2D eigenvalue weighted by Crippen LogP contribution is 2.07. The monoisotopic (exact) mass is 502 g/mol. The molecule has 0 aliphatic heterocycles. The number of nitrogens with two attached hydrogens (primary N) is 1. The van der Waals surface area contributed by atoms with Crippen molar-refractivity contribution in [2.24, 2.45) is 11.7 Å². The van der Waals surface area contributed by atoms with Gasteiger partial charge in [0, 0.05) is 24.1 Å². The second-order valence-electron chi connectivity index (χ2n) is 8.00. The predicted molar refractivity (Wildman–Crippen MR) is 130 cm³/mol. The lowest BCUT2D eigenvalue weighted by molar-refractivity contribution is -0.141. The van der Waals surface area contributed by atoms with E-state index in [2.05, 4.69) is 38.5 Å². The number of imidazole rings is 1. The molecule has 1 rings (SSSR count). The van der Waals surface area contributed by atoms with Crippen LogP contribution < -0.4 is 21.7 Å². The Morgan fingerprint density at radius 1 is 1.12 bits per heavy atom. The van der Waals surface area contributed by atoms with E-state index >= 15 is 0 Å². The van der Waals surface area contributed by atoms with Gasteiger partial charge in [0.2, 0.25) is 17.7 Å². The highest BCUT2D eigenvalue weighted by Gasteiger charge is 2.30. The van der Waals surface area contributed by atoms with Gasteiger partial charge in [0.25, 0.3) is 0 Å². The summed E-state index contributed by atoms with van der Waals surface area (Å²) in [5, 5.41) is 16.9. The van der Waals surface area contributed by atoms with Crippen LogP contribution in [0.15, 0.2) is 12.5 Å². The van der Waals surface area contributed by atoms with Crippen LogP contribution in [0.25, 0.3) is 0 Å². The molecule has 1 heterocycles. The third-order valence-electron chi connectivity index (χ3n) is 4.71. The van der Waals surface area contributed by atoms with Gasteiger partial charge in [-0.25, -0.2) is 9.78 Å². The maximum atomic E-state index is 13.0. The average Bonchev–Trinajstić information content (AvgIpc) is 3.26. The van der Waals surface area contributed by atoms with Crippen molar-refractivity contribution in [2.75, 3.05) is 17.8 Å². The molecular weight excluding hydrogens is 468 g/mol. The van der Waals surface area contributed by atoms with Crippen molar-refractivity contribution in [1.29, 1.82) is 0 Å². The number of aromatic nitrogens is 2. The van der Waals surface area contributed by atoms with Crippen molar-refractivity contribution in [3.8, 4) is 0 Å². The van der Waals surface area contributed by atoms with Crippen molar-refractivity contribution in [2.45, 2.75) is 57.3 Å². The normalized spacial score (nSPS) is 14.7. The number of carboxylic acids is 1. The Morgan fingerprint density at radius 3 is 2.24 bits per heavy atom. The van der Waals surface area contributed by atoms with Crippen molar-refractivity contribution < 1.29 is 24.3 Å². The summed E-state index contributed by atoms with van der Waals surface area (Å²) in [4.78, 5) is 56.4. The summed E-state index contributed by atoms with van der Waals surface area (Å²) in [5.74, 6) is -2.25. The number of nitrogens with one attached hydrogen (secondary N) is 4. The number of thioether (sulfide) groups is 1. The summed E-state index contributed by atoms with van der Waals surface area (Å²) in [6, 6.07) is -3.98. The first-order valence-corrected chi connectivity index (χ1v) is 12.6. The molecule has 0 aliphatic rings. The van der Waals surface area contributed by atoms with Gasteiger partial charge >= 0.3 is 5.97 Å². The molecule has 0 aliphatic carbocycles. The van der Waals surface area contributed by atoms with E-state index in [4.69, 9.17) is 5.73 Å². The zero-order valence-corrected chi connectivity index (χ0v) is 20.7. The largest absolute Gasteiger partial charge is 0.480 e. The van der Waals surface area contributed by atoms with E-state index in [1.807, 2.05) is 20.1 Å². The smallest absolute Gasteiger partial charge is 0.327 e. The van der Waals surface area contributed by atoms with Crippen LogP contribution >= 0.6 is 24.4 Å². The SMILES string of the molecule is CSCCC(NC(=O)C(N)CC(C)C)C(=O)NC(Cc1cnc[nH]1)C(=O)NC(CS)C(=O)O. The van der Waals surface area contributed by atoms with E-state index in [1.54, 1.807) is 0 Å². The Kier molecular flexibility index (Phi) is 12.9. The molecule has 0 saturated heterocycles. The lowest BCUT2D eigenvalue weighted by Crippen LogP contribution is -2.58. The van der Waals surface area contributed by atoms with Crippen LogP contribution in [0.4, 0.5) is 0 Å². The second-order valence-corrected chi connectivity index (χ2v) is 9.35. The topological polar surface area (TPSA) is 179 Å². The van der Waals surface area contributed by atoms with Crippen molar-refractivity contribution in [3.63, 3.8) is 0 Å². The number of carbonyl (C=O) groups is 4. The van der Waals surface area contributed by atoms with Gasteiger partial charge in [0.05, 0.1) is 12.4 Å². The van der Waals surface area contributed by atoms with Crippen molar-refractivity contribution >= 4 is 48.1 Å². The van der Waals surface area contributed by atoms with E-state index in [1.165, 1.54) is 24.3 Å². The van der Waals surface area contributed by atoms with Gasteiger partial charge in [-0.1, -0.05) is 13.8 Å². The fourth-order valence-electron chi connectivity index (χ4n) is 2.95. The van der Waals surface area contributed by atoms with Gasteiger partial charge in [0.15, 0.2) is 0 Å². The summed E-state index contributed by atoms with van der Waals surface area (Å²) in [6.45, 7) is 3.89. The molecule has 0 bridgehead atoms. The molecule has 4 atom stereocenters. The molecule has 0 spiro atoms. The summed E-state index contributed by atoms with van der Waals surface area (Å²) in [5.41, 5.74) is 6.51. The lowest BCUT2D eigenvalue weighted by atomic mass is 10.0. The maximum Gasteiger partial charge on any atom is 0.327 e. The van der Waals surface area contributed by atoms with Gasteiger partial charge in [-0.05, 0) is 30.8 Å². The Morgan fingerprint density at radius 2 is 1.73 bits per heavy atom. The molecule has 3 amide bonds. The third-order valence-corrected chi connectivity index (χ3v) is 5.72. The highest BCUT2D eigenvalue weighted by molar-refractivity contribution is 7.98. The van der Waals surface area contributed by atoms with Crippen LogP contribution in [0, 0.1) is 5.92 Å². The Bertz CT molecular complexity index is 777. The van der Waals surface area contributed by atoms with Crippen LogP contribution in [0.1, 0.15) is 32.4 Å². The van der Waals surface area contributed by atoms with Gasteiger partial charge in [-0.15, -0.1) is 0 Å². The van der Waals surface area contributed by atoms with E-state index in [0.717, 1.165) is 0 Å². The highest BCUT2D eigenvalue weighted by atomic mass is 32.2. The molecule has 33 heavy (non-hydrogen) atoms. The summed E-state index contributed by atoms with van der Waals surface area (Å²) in [7, 11) is 0. The van der Waals surface area contributed by atoms with Crippen molar-refractivity contribution in [1.82, 2.24) is 25.9 Å². The van der Waals surface area contributed by atoms with Crippen LogP contribution in [0.5, 0.6) is 0 Å². The minimum atomic E-state index is -1.24. The summed E-state index contributed by atoms with van der Waals surface area (Å²) < 4.78 is 0. The van der Waals surface area contributed by atoms with E-state index in [9.17, 15) is 24.3 Å².